The zero-order chi connectivity index (χ0) is 40.5. The fourth-order valence-corrected chi connectivity index (χ4v) is 8.74. The normalized spacial score (nSPS) is 16.8. The van der Waals surface area contributed by atoms with Crippen LogP contribution in [0.2, 0.25) is 10.0 Å². The van der Waals surface area contributed by atoms with E-state index < -0.39 is 11.7 Å². The Labute approximate surface area is 345 Å². The molecule has 11 nitrogen and oxygen atoms in total. The molecule has 2 saturated heterocycles. The first-order valence-corrected chi connectivity index (χ1v) is 20.2. The van der Waals surface area contributed by atoms with Crippen LogP contribution in [0, 0.1) is 5.41 Å². The SMILES string of the molecule is COc1cc(-c2nccc(-c3cccc(-c4ccc(CN(C(=O)OC(C)(C)C)C5CCN(C(C)=O)CC5)c(OC)n4)c3Cl)c2Cl)ccc1CNC1CC2(COC2)C1. The van der Waals surface area contributed by atoms with Gasteiger partial charge in [-0.2, -0.15) is 0 Å². The van der Waals surface area contributed by atoms with E-state index in [1.165, 1.54) is 0 Å². The molecule has 13 heteroatoms. The van der Waals surface area contributed by atoms with E-state index in [2.05, 4.69) is 16.4 Å². The molecule has 4 aromatic rings. The van der Waals surface area contributed by atoms with Crippen LogP contribution < -0.4 is 14.8 Å². The van der Waals surface area contributed by atoms with Crippen LogP contribution in [0.4, 0.5) is 4.79 Å². The number of ether oxygens (including phenoxy) is 4. The summed E-state index contributed by atoms with van der Waals surface area (Å²) in [6.45, 7) is 10.9. The first-order valence-electron chi connectivity index (χ1n) is 19.5. The van der Waals surface area contributed by atoms with E-state index in [9.17, 15) is 9.59 Å². The Hall–Kier alpha value is -4.42. The summed E-state index contributed by atoms with van der Waals surface area (Å²) in [6, 6.07) is 17.8. The Bertz CT molecular complexity index is 2120. The predicted octanol–water partition coefficient (Wildman–Crippen LogP) is 8.82. The molecule has 2 aromatic heterocycles. The minimum atomic E-state index is -0.679. The largest absolute Gasteiger partial charge is 0.496 e. The molecule has 7 rings (SSSR count). The van der Waals surface area contributed by atoms with Gasteiger partial charge in [0.05, 0.1) is 55.4 Å². The average Bonchev–Trinajstić information content (AvgIpc) is 3.15. The van der Waals surface area contributed by atoms with Gasteiger partial charge in [0.25, 0.3) is 0 Å². The lowest BCUT2D eigenvalue weighted by Gasteiger charge is -2.53. The van der Waals surface area contributed by atoms with E-state index in [1.54, 1.807) is 32.2 Å². The number of nitrogens with zero attached hydrogens (tertiary/aromatic N) is 4. The number of methoxy groups -OCH3 is 2. The van der Waals surface area contributed by atoms with Gasteiger partial charge >= 0.3 is 6.09 Å². The molecule has 3 fully saturated rings. The van der Waals surface area contributed by atoms with Crippen molar-refractivity contribution in [2.24, 2.45) is 5.41 Å². The van der Waals surface area contributed by atoms with Crippen LogP contribution in [0.5, 0.6) is 11.6 Å². The third-order valence-electron chi connectivity index (χ3n) is 11.2. The molecule has 2 amide bonds. The maximum atomic E-state index is 13.6. The molecule has 0 unspecified atom stereocenters. The van der Waals surface area contributed by atoms with Crippen LogP contribution in [0.25, 0.3) is 33.6 Å². The molecule has 1 aliphatic carbocycles. The summed E-state index contributed by atoms with van der Waals surface area (Å²) in [5.41, 5.74) is 5.69. The molecule has 1 saturated carbocycles. The summed E-state index contributed by atoms with van der Waals surface area (Å²) >= 11 is 14.3. The number of likely N-dealkylation sites (tertiary alicyclic amines) is 1. The van der Waals surface area contributed by atoms with E-state index in [0.29, 0.717) is 82.4 Å². The number of amides is 2. The smallest absolute Gasteiger partial charge is 0.410 e. The highest BCUT2D eigenvalue weighted by Gasteiger charge is 2.49. The maximum absolute atomic E-state index is 13.6. The average molecular weight is 817 g/mol. The zero-order valence-corrected chi connectivity index (χ0v) is 35.0. The summed E-state index contributed by atoms with van der Waals surface area (Å²) in [5.74, 6) is 1.16. The minimum absolute atomic E-state index is 0.0317. The Morgan fingerprint density at radius 3 is 2.30 bits per heavy atom. The van der Waals surface area contributed by atoms with Gasteiger partial charge in [0, 0.05) is 83.6 Å². The number of carbonyl (C=O) groups is 2. The zero-order valence-electron chi connectivity index (χ0n) is 33.5. The second-order valence-electron chi connectivity index (χ2n) is 16.4. The molecule has 1 N–H and O–H groups in total. The van der Waals surface area contributed by atoms with Crippen molar-refractivity contribution < 1.29 is 28.5 Å². The van der Waals surface area contributed by atoms with Gasteiger partial charge in [0.2, 0.25) is 11.8 Å². The van der Waals surface area contributed by atoms with Gasteiger partial charge in [-0.05, 0) is 70.7 Å². The minimum Gasteiger partial charge on any atom is -0.496 e. The molecule has 0 bridgehead atoms. The quantitative estimate of drug-likeness (QED) is 0.159. The van der Waals surface area contributed by atoms with Gasteiger partial charge in [0.15, 0.2) is 0 Å². The molecule has 0 atom stereocenters. The summed E-state index contributed by atoms with van der Waals surface area (Å²) in [4.78, 5) is 38.7. The number of hydrogen-bond donors (Lipinski definition) is 1. The number of benzene rings is 2. The van der Waals surface area contributed by atoms with Crippen molar-refractivity contribution in [2.75, 3.05) is 40.5 Å². The number of hydrogen-bond acceptors (Lipinski definition) is 9. The van der Waals surface area contributed by atoms with Crippen molar-refractivity contribution in [1.29, 1.82) is 0 Å². The highest BCUT2D eigenvalue weighted by molar-refractivity contribution is 6.39. The Morgan fingerprint density at radius 1 is 0.947 bits per heavy atom. The van der Waals surface area contributed by atoms with Crippen molar-refractivity contribution in [1.82, 2.24) is 25.1 Å². The Balaban J connectivity index is 1.12. The third-order valence-corrected chi connectivity index (χ3v) is 12.0. The van der Waals surface area contributed by atoms with Crippen LogP contribution in [-0.2, 0) is 27.4 Å². The van der Waals surface area contributed by atoms with E-state index in [-0.39, 0.29) is 18.5 Å². The van der Waals surface area contributed by atoms with Crippen molar-refractivity contribution in [3.8, 4) is 45.3 Å². The molecular weight excluding hydrogens is 765 g/mol. The number of rotatable bonds is 11. The summed E-state index contributed by atoms with van der Waals surface area (Å²) in [6.07, 6.45) is 4.89. The van der Waals surface area contributed by atoms with E-state index >= 15 is 0 Å². The second-order valence-corrected chi connectivity index (χ2v) is 17.2. The lowest BCUT2D eigenvalue weighted by Crippen LogP contribution is -2.58. The lowest BCUT2D eigenvalue weighted by atomic mass is 9.64. The second kappa shape index (κ2) is 16.8. The molecule has 0 radical (unpaired) electrons. The fourth-order valence-electron chi connectivity index (χ4n) is 8.09. The van der Waals surface area contributed by atoms with Crippen LogP contribution in [0.15, 0.2) is 60.8 Å². The number of carbonyl (C=O) groups excluding carboxylic acids is 2. The van der Waals surface area contributed by atoms with Crippen LogP contribution in [0.3, 0.4) is 0 Å². The van der Waals surface area contributed by atoms with E-state index in [0.717, 1.165) is 54.1 Å². The van der Waals surface area contributed by atoms with E-state index in [1.807, 2.05) is 74.2 Å². The Kier molecular flexibility index (Phi) is 12.0. The standard InChI is InChI=1S/C44H51Cl2N5O6/c1-27(52)50-18-15-32(16-19-50)51(42(53)57-43(2,3)4)24-30-12-13-36(49-41(30)55-6)35-9-7-8-33(38(35)45)34-14-17-47-40(39(34)46)28-10-11-29(37(20-28)54-5)23-48-31-21-44(22-31)25-56-26-44/h7-14,17,20,31-32,48H,15-16,18-19,21-26H2,1-6H3. The maximum Gasteiger partial charge on any atom is 0.410 e. The van der Waals surface area contributed by atoms with Crippen molar-refractivity contribution in [2.45, 2.75) is 84.2 Å². The summed E-state index contributed by atoms with van der Waals surface area (Å²) in [5, 5.41) is 4.60. The first-order chi connectivity index (χ1) is 27.3. The van der Waals surface area contributed by atoms with Gasteiger partial charge in [0.1, 0.15) is 11.4 Å². The van der Waals surface area contributed by atoms with Crippen molar-refractivity contribution in [3.63, 3.8) is 0 Å². The van der Waals surface area contributed by atoms with Gasteiger partial charge < -0.3 is 34.1 Å². The van der Waals surface area contributed by atoms with Gasteiger partial charge in [-0.1, -0.05) is 53.5 Å². The van der Waals surface area contributed by atoms with Gasteiger partial charge in [-0.15, -0.1) is 0 Å². The first kappa shape index (κ1) is 40.8. The molecule has 2 aliphatic heterocycles. The summed E-state index contributed by atoms with van der Waals surface area (Å²) < 4.78 is 22.9. The number of halogens is 2. The van der Waals surface area contributed by atoms with Crippen LogP contribution >= 0.6 is 23.2 Å². The van der Waals surface area contributed by atoms with E-state index in [4.69, 9.17) is 47.1 Å². The molecule has 4 heterocycles. The summed E-state index contributed by atoms with van der Waals surface area (Å²) in [7, 11) is 3.23. The topological polar surface area (TPSA) is 115 Å². The molecule has 57 heavy (non-hydrogen) atoms. The molecular formula is C44H51Cl2N5O6. The van der Waals surface area contributed by atoms with Gasteiger partial charge in [-0.3, -0.25) is 9.78 Å². The monoisotopic (exact) mass is 815 g/mol. The van der Waals surface area contributed by atoms with Crippen molar-refractivity contribution in [3.05, 3.63) is 82.0 Å². The molecule has 1 spiro atoms. The predicted molar refractivity (Wildman–Crippen MR) is 222 cm³/mol. The van der Waals surface area contributed by atoms with Gasteiger partial charge in [-0.25, -0.2) is 9.78 Å². The number of pyridine rings is 2. The van der Waals surface area contributed by atoms with Crippen LogP contribution in [-0.4, -0.2) is 90.0 Å². The lowest BCUT2D eigenvalue weighted by molar-refractivity contribution is -0.167. The third kappa shape index (κ3) is 8.87. The van der Waals surface area contributed by atoms with Crippen LogP contribution in [0.1, 0.15) is 64.5 Å². The highest BCUT2D eigenvalue weighted by Crippen LogP contribution is 2.47. The fraction of sp³-hybridized carbons (Fsp3) is 0.455. The highest BCUT2D eigenvalue weighted by atomic mass is 35.5. The Morgan fingerprint density at radius 2 is 1.65 bits per heavy atom. The number of piperidine rings is 1. The molecule has 302 valence electrons. The number of aromatic nitrogens is 2. The van der Waals surface area contributed by atoms with Crippen molar-refractivity contribution >= 4 is 35.2 Å². The molecule has 3 aliphatic rings. The molecule has 2 aromatic carbocycles. The number of nitrogens with one attached hydrogen (secondary N) is 1.